The third kappa shape index (κ3) is 3.56. The van der Waals surface area contributed by atoms with Gasteiger partial charge in [-0.15, -0.1) is 0 Å². The van der Waals surface area contributed by atoms with Crippen molar-refractivity contribution in [1.29, 1.82) is 5.41 Å². The number of nitrogens with zero attached hydrogens (tertiary/aromatic N) is 2. The number of hydrogen-bond donors (Lipinski definition) is 1. The zero-order valence-corrected chi connectivity index (χ0v) is 11.2. The molecule has 0 aliphatic heterocycles. The fourth-order valence-corrected chi connectivity index (χ4v) is 2.65. The lowest BCUT2D eigenvalue weighted by Gasteiger charge is -2.29. The summed E-state index contributed by atoms with van der Waals surface area (Å²) in [5.41, 5.74) is 1.30. The SMILES string of the molecule is CN(CCc1ccncc1)C(=N)C1CCCCC1. The van der Waals surface area contributed by atoms with Crippen LogP contribution in [-0.2, 0) is 6.42 Å². The van der Waals surface area contributed by atoms with Crippen molar-refractivity contribution in [3.63, 3.8) is 0 Å². The first-order valence-electron chi connectivity index (χ1n) is 6.96. The molecule has 1 fully saturated rings. The van der Waals surface area contributed by atoms with Crippen molar-refractivity contribution in [2.45, 2.75) is 38.5 Å². The van der Waals surface area contributed by atoms with Crippen molar-refractivity contribution in [2.75, 3.05) is 13.6 Å². The van der Waals surface area contributed by atoms with Crippen LogP contribution in [0.1, 0.15) is 37.7 Å². The Labute approximate surface area is 110 Å². The van der Waals surface area contributed by atoms with Crippen LogP contribution in [0.5, 0.6) is 0 Å². The highest BCUT2D eigenvalue weighted by Gasteiger charge is 2.20. The lowest BCUT2D eigenvalue weighted by molar-refractivity contribution is 0.386. The van der Waals surface area contributed by atoms with E-state index in [4.69, 9.17) is 5.41 Å². The van der Waals surface area contributed by atoms with E-state index in [1.165, 1.54) is 37.7 Å². The van der Waals surface area contributed by atoms with Gasteiger partial charge in [-0.25, -0.2) is 0 Å². The molecule has 1 aromatic rings. The van der Waals surface area contributed by atoms with Crippen LogP contribution in [0.3, 0.4) is 0 Å². The number of rotatable bonds is 4. The molecule has 0 amide bonds. The van der Waals surface area contributed by atoms with Gasteiger partial charge in [-0.3, -0.25) is 10.4 Å². The number of pyridine rings is 1. The first-order valence-corrected chi connectivity index (χ1v) is 6.96. The van der Waals surface area contributed by atoms with Crippen LogP contribution < -0.4 is 0 Å². The molecular weight excluding hydrogens is 222 g/mol. The quantitative estimate of drug-likeness (QED) is 0.654. The van der Waals surface area contributed by atoms with E-state index in [2.05, 4.69) is 29.1 Å². The van der Waals surface area contributed by atoms with Crippen molar-refractivity contribution in [1.82, 2.24) is 9.88 Å². The average Bonchev–Trinajstić information content (AvgIpc) is 2.46. The largest absolute Gasteiger partial charge is 0.363 e. The predicted molar refractivity (Wildman–Crippen MR) is 74.9 cm³/mol. The number of likely N-dealkylation sites (N-methyl/N-ethyl adjacent to an activating group) is 1. The first-order chi connectivity index (χ1) is 8.77. The maximum atomic E-state index is 8.27. The van der Waals surface area contributed by atoms with Crippen LogP contribution in [0.25, 0.3) is 0 Å². The Morgan fingerprint density at radius 1 is 1.28 bits per heavy atom. The van der Waals surface area contributed by atoms with Gasteiger partial charge in [0.25, 0.3) is 0 Å². The summed E-state index contributed by atoms with van der Waals surface area (Å²) < 4.78 is 0. The smallest absolute Gasteiger partial charge is 0.0986 e. The van der Waals surface area contributed by atoms with E-state index >= 15 is 0 Å². The Morgan fingerprint density at radius 2 is 1.94 bits per heavy atom. The molecule has 1 saturated carbocycles. The fourth-order valence-electron chi connectivity index (χ4n) is 2.65. The predicted octanol–water partition coefficient (Wildman–Crippen LogP) is 3.11. The maximum Gasteiger partial charge on any atom is 0.0986 e. The first kappa shape index (κ1) is 13.1. The molecule has 0 radical (unpaired) electrons. The Bertz CT molecular complexity index is 369. The third-order valence-electron chi connectivity index (χ3n) is 3.89. The number of amidine groups is 1. The second-order valence-electron chi connectivity index (χ2n) is 5.25. The zero-order chi connectivity index (χ0) is 12.8. The van der Waals surface area contributed by atoms with Gasteiger partial charge in [0.1, 0.15) is 0 Å². The van der Waals surface area contributed by atoms with Crippen LogP contribution in [0.4, 0.5) is 0 Å². The van der Waals surface area contributed by atoms with Crippen molar-refractivity contribution in [3.05, 3.63) is 30.1 Å². The standard InChI is InChI=1S/C15H23N3/c1-18(12-9-13-7-10-17-11-8-13)15(16)14-5-3-2-4-6-14/h7-8,10-11,14,16H,2-6,9,12H2,1H3. The molecule has 0 spiro atoms. The summed E-state index contributed by atoms with van der Waals surface area (Å²) in [5, 5.41) is 8.27. The van der Waals surface area contributed by atoms with Gasteiger partial charge in [0.05, 0.1) is 5.84 Å². The molecular formula is C15H23N3. The van der Waals surface area contributed by atoms with Crippen molar-refractivity contribution >= 4 is 5.84 Å². The van der Waals surface area contributed by atoms with Crippen LogP contribution in [0, 0.1) is 11.3 Å². The van der Waals surface area contributed by atoms with E-state index in [1.54, 1.807) is 0 Å². The zero-order valence-electron chi connectivity index (χ0n) is 11.2. The molecule has 0 unspecified atom stereocenters. The summed E-state index contributed by atoms with van der Waals surface area (Å²) in [4.78, 5) is 6.15. The Morgan fingerprint density at radius 3 is 2.61 bits per heavy atom. The molecule has 0 bridgehead atoms. The number of nitrogens with one attached hydrogen (secondary N) is 1. The average molecular weight is 245 g/mol. The molecule has 1 N–H and O–H groups in total. The van der Waals surface area contributed by atoms with Crippen LogP contribution >= 0.6 is 0 Å². The molecule has 1 heterocycles. The number of aromatic nitrogens is 1. The summed E-state index contributed by atoms with van der Waals surface area (Å²) >= 11 is 0. The van der Waals surface area contributed by atoms with E-state index < -0.39 is 0 Å². The number of hydrogen-bond acceptors (Lipinski definition) is 2. The maximum absolute atomic E-state index is 8.27. The van der Waals surface area contributed by atoms with Crippen molar-refractivity contribution in [3.8, 4) is 0 Å². The Kier molecular flexibility index (Phi) is 4.73. The minimum absolute atomic E-state index is 0.501. The molecule has 1 aliphatic rings. The minimum atomic E-state index is 0.501. The molecule has 0 aromatic carbocycles. The van der Waals surface area contributed by atoms with Gasteiger partial charge in [0.2, 0.25) is 0 Å². The lowest BCUT2D eigenvalue weighted by Crippen LogP contribution is -2.34. The molecule has 18 heavy (non-hydrogen) atoms. The Hall–Kier alpha value is -1.38. The van der Waals surface area contributed by atoms with Gasteiger partial charge in [0.15, 0.2) is 0 Å². The van der Waals surface area contributed by atoms with Crippen LogP contribution in [0.15, 0.2) is 24.5 Å². The topological polar surface area (TPSA) is 40.0 Å². The molecule has 0 atom stereocenters. The van der Waals surface area contributed by atoms with Gasteiger partial charge in [-0.1, -0.05) is 19.3 Å². The van der Waals surface area contributed by atoms with Gasteiger partial charge in [0, 0.05) is 31.9 Å². The van der Waals surface area contributed by atoms with Gasteiger partial charge in [-0.2, -0.15) is 0 Å². The van der Waals surface area contributed by atoms with E-state index in [1.807, 2.05) is 12.4 Å². The van der Waals surface area contributed by atoms with E-state index in [-0.39, 0.29) is 0 Å². The monoisotopic (exact) mass is 245 g/mol. The lowest BCUT2D eigenvalue weighted by atomic mass is 9.88. The van der Waals surface area contributed by atoms with E-state index in [9.17, 15) is 0 Å². The van der Waals surface area contributed by atoms with Gasteiger partial charge in [-0.05, 0) is 37.0 Å². The van der Waals surface area contributed by atoms with Crippen molar-refractivity contribution in [2.24, 2.45) is 5.92 Å². The minimum Gasteiger partial charge on any atom is -0.363 e. The fraction of sp³-hybridized carbons (Fsp3) is 0.600. The van der Waals surface area contributed by atoms with Crippen LogP contribution in [-0.4, -0.2) is 29.3 Å². The third-order valence-corrected chi connectivity index (χ3v) is 3.89. The van der Waals surface area contributed by atoms with E-state index in [0.29, 0.717) is 5.92 Å². The summed E-state index contributed by atoms with van der Waals surface area (Å²) in [6.07, 6.45) is 11.0. The molecule has 98 valence electrons. The molecule has 2 rings (SSSR count). The highest BCUT2D eigenvalue weighted by Crippen LogP contribution is 2.25. The second kappa shape index (κ2) is 6.53. The van der Waals surface area contributed by atoms with E-state index in [0.717, 1.165) is 18.8 Å². The second-order valence-corrected chi connectivity index (χ2v) is 5.25. The molecule has 1 aromatic heterocycles. The molecule has 0 saturated heterocycles. The van der Waals surface area contributed by atoms with Crippen LogP contribution in [0.2, 0.25) is 0 Å². The summed E-state index contributed by atoms with van der Waals surface area (Å²) in [7, 11) is 2.05. The normalized spacial score (nSPS) is 16.5. The van der Waals surface area contributed by atoms with Crippen molar-refractivity contribution < 1.29 is 0 Å². The van der Waals surface area contributed by atoms with Gasteiger partial charge < -0.3 is 4.90 Å². The van der Waals surface area contributed by atoms with Gasteiger partial charge >= 0.3 is 0 Å². The Balaban J connectivity index is 1.80. The highest BCUT2D eigenvalue weighted by atomic mass is 15.1. The molecule has 1 aliphatic carbocycles. The molecule has 3 nitrogen and oxygen atoms in total. The summed E-state index contributed by atoms with van der Waals surface area (Å²) in [5.74, 6) is 1.34. The summed E-state index contributed by atoms with van der Waals surface area (Å²) in [6, 6.07) is 4.11. The highest BCUT2D eigenvalue weighted by molar-refractivity contribution is 5.81. The molecule has 3 heteroatoms. The summed E-state index contributed by atoms with van der Waals surface area (Å²) in [6.45, 7) is 0.930.